The highest BCUT2D eigenvalue weighted by molar-refractivity contribution is 5.79. The standard InChI is InChI=1S/C23H28N2O/c1-17-11-13-18(14-12-17)16-20-8-4-9-21(24-20)22-10-5-15-25(22)23(26)19-6-2-3-7-19/h4,8-9,11-14,19,22H,2-3,5-7,10,15-16H2,1H3. The van der Waals surface area contributed by atoms with Gasteiger partial charge in [0, 0.05) is 24.6 Å². The van der Waals surface area contributed by atoms with Crippen molar-refractivity contribution in [3.05, 3.63) is 65.0 Å². The number of hydrogen-bond acceptors (Lipinski definition) is 2. The van der Waals surface area contributed by atoms with Gasteiger partial charge in [0.1, 0.15) is 0 Å². The summed E-state index contributed by atoms with van der Waals surface area (Å²) in [5.41, 5.74) is 4.72. The van der Waals surface area contributed by atoms with Crippen LogP contribution in [0.25, 0.3) is 0 Å². The van der Waals surface area contributed by atoms with Crippen LogP contribution in [0.5, 0.6) is 0 Å². The van der Waals surface area contributed by atoms with Crippen LogP contribution in [-0.4, -0.2) is 22.3 Å². The molecule has 1 unspecified atom stereocenters. The Morgan fingerprint density at radius 2 is 1.81 bits per heavy atom. The van der Waals surface area contributed by atoms with Crippen molar-refractivity contribution < 1.29 is 4.79 Å². The van der Waals surface area contributed by atoms with Crippen LogP contribution in [0.15, 0.2) is 42.5 Å². The van der Waals surface area contributed by atoms with Crippen molar-refractivity contribution in [1.82, 2.24) is 9.88 Å². The fraction of sp³-hybridized carbons (Fsp3) is 0.478. The van der Waals surface area contributed by atoms with E-state index in [-0.39, 0.29) is 12.0 Å². The Morgan fingerprint density at radius 1 is 1.04 bits per heavy atom. The minimum Gasteiger partial charge on any atom is -0.334 e. The van der Waals surface area contributed by atoms with Crippen molar-refractivity contribution in [3.8, 4) is 0 Å². The minimum absolute atomic E-state index is 0.168. The summed E-state index contributed by atoms with van der Waals surface area (Å²) in [5, 5.41) is 0. The summed E-state index contributed by atoms with van der Waals surface area (Å²) in [7, 11) is 0. The fourth-order valence-electron chi connectivity index (χ4n) is 4.44. The van der Waals surface area contributed by atoms with Crippen molar-refractivity contribution in [2.24, 2.45) is 5.92 Å². The van der Waals surface area contributed by atoms with Crippen molar-refractivity contribution in [2.45, 2.75) is 57.9 Å². The predicted molar refractivity (Wildman–Crippen MR) is 104 cm³/mol. The van der Waals surface area contributed by atoms with E-state index < -0.39 is 0 Å². The highest BCUT2D eigenvalue weighted by atomic mass is 16.2. The Morgan fingerprint density at radius 3 is 2.58 bits per heavy atom. The van der Waals surface area contributed by atoms with Gasteiger partial charge in [-0.05, 0) is 50.3 Å². The first-order chi connectivity index (χ1) is 12.7. The van der Waals surface area contributed by atoms with Crippen LogP contribution in [0, 0.1) is 12.8 Å². The van der Waals surface area contributed by atoms with E-state index in [1.54, 1.807) is 0 Å². The van der Waals surface area contributed by atoms with E-state index >= 15 is 0 Å². The van der Waals surface area contributed by atoms with E-state index in [9.17, 15) is 4.79 Å². The Labute approximate surface area is 156 Å². The molecule has 3 heteroatoms. The summed E-state index contributed by atoms with van der Waals surface area (Å²) >= 11 is 0. The summed E-state index contributed by atoms with van der Waals surface area (Å²) < 4.78 is 0. The third-order valence-electron chi connectivity index (χ3n) is 5.92. The lowest BCUT2D eigenvalue weighted by atomic mass is 10.0. The van der Waals surface area contributed by atoms with Gasteiger partial charge in [-0.2, -0.15) is 0 Å². The van der Waals surface area contributed by atoms with Gasteiger partial charge >= 0.3 is 0 Å². The molecule has 4 rings (SSSR count). The molecule has 1 saturated carbocycles. The van der Waals surface area contributed by atoms with Gasteiger partial charge in [-0.1, -0.05) is 48.7 Å². The molecule has 1 atom stereocenters. The molecule has 2 fully saturated rings. The molecule has 1 aliphatic heterocycles. The molecule has 2 aromatic rings. The molecule has 1 amide bonds. The molecule has 0 radical (unpaired) electrons. The topological polar surface area (TPSA) is 33.2 Å². The number of amides is 1. The Balaban J connectivity index is 1.51. The van der Waals surface area contributed by atoms with Crippen molar-refractivity contribution in [1.29, 1.82) is 0 Å². The summed E-state index contributed by atoms with van der Waals surface area (Å²) in [5.74, 6) is 0.627. The maximum Gasteiger partial charge on any atom is 0.226 e. The molecule has 1 aliphatic carbocycles. The average Bonchev–Trinajstić information content (AvgIpc) is 3.35. The first-order valence-corrected chi connectivity index (χ1v) is 10.0. The number of likely N-dealkylation sites (tertiary alicyclic amines) is 1. The molecular formula is C23H28N2O. The zero-order valence-electron chi connectivity index (χ0n) is 15.7. The molecule has 3 nitrogen and oxygen atoms in total. The van der Waals surface area contributed by atoms with Gasteiger partial charge in [-0.15, -0.1) is 0 Å². The highest BCUT2D eigenvalue weighted by Gasteiger charge is 2.35. The third-order valence-corrected chi connectivity index (χ3v) is 5.92. The zero-order chi connectivity index (χ0) is 17.9. The molecule has 1 aromatic carbocycles. The lowest BCUT2D eigenvalue weighted by Gasteiger charge is -2.27. The molecule has 0 spiro atoms. The fourth-order valence-corrected chi connectivity index (χ4v) is 4.44. The van der Waals surface area contributed by atoms with Crippen LogP contribution >= 0.6 is 0 Å². The van der Waals surface area contributed by atoms with Gasteiger partial charge < -0.3 is 4.90 Å². The number of pyridine rings is 1. The van der Waals surface area contributed by atoms with E-state index in [1.165, 1.54) is 24.0 Å². The number of nitrogens with zero attached hydrogens (tertiary/aromatic N) is 2. The Bertz CT molecular complexity index is 762. The van der Waals surface area contributed by atoms with E-state index in [4.69, 9.17) is 4.98 Å². The largest absolute Gasteiger partial charge is 0.334 e. The van der Waals surface area contributed by atoms with Gasteiger partial charge in [0.25, 0.3) is 0 Å². The quantitative estimate of drug-likeness (QED) is 0.792. The van der Waals surface area contributed by atoms with Gasteiger partial charge in [0.15, 0.2) is 0 Å². The number of carbonyl (C=O) groups is 1. The monoisotopic (exact) mass is 348 g/mol. The average molecular weight is 348 g/mol. The van der Waals surface area contributed by atoms with Crippen LogP contribution in [0.3, 0.4) is 0 Å². The van der Waals surface area contributed by atoms with Crippen LogP contribution in [0.1, 0.15) is 67.1 Å². The number of benzene rings is 1. The number of hydrogen-bond donors (Lipinski definition) is 0. The summed E-state index contributed by atoms with van der Waals surface area (Å²) in [4.78, 5) is 20.0. The summed E-state index contributed by atoms with van der Waals surface area (Å²) in [6.45, 7) is 3.00. The van der Waals surface area contributed by atoms with Crippen molar-refractivity contribution in [3.63, 3.8) is 0 Å². The van der Waals surface area contributed by atoms with Crippen LogP contribution in [0.2, 0.25) is 0 Å². The maximum absolute atomic E-state index is 12.9. The maximum atomic E-state index is 12.9. The molecular weight excluding hydrogens is 320 g/mol. The highest BCUT2D eigenvalue weighted by Crippen LogP contribution is 2.35. The number of aromatic nitrogens is 1. The van der Waals surface area contributed by atoms with E-state index in [2.05, 4.69) is 54.3 Å². The Kier molecular flexibility index (Phi) is 5.05. The molecule has 0 bridgehead atoms. The predicted octanol–water partition coefficient (Wildman–Crippen LogP) is 4.83. The van der Waals surface area contributed by atoms with Crippen molar-refractivity contribution in [2.75, 3.05) is 6.54 Å². The first-order valence-electron chi connectivity index (χ1n) is 10.0. The van der Waals surface area contributed by atoms with Crippen LogP contribution in [-0.2, 0) is 11.2 Å². The number of carbonyl (C=O) groups excluding carboxylic acids is 1. The number of aryl methyl sites for hydroxylation is 1. The lowest BCUT2D eigenvalue weighted by molar-refractivity contribution is -0.136. The second-order valence-electron chi connectivity index (χ2n) is 7.89. The second-order valence-corrected chi connectivity index (χ2v) is 7.89. The van der Waals surface area contributed by atoms with Gasteiger partial charge in [-0.3, -0.25) is 9.78 Å². The molecule has 2 heterocycles. The molecule has 2 aliphatic rings. The van der Waals surface area contributed by atoms with E-state index in [1.807, 2.05) is 0 Å². The second kappa shape index (κ2) is 7.61. The van der Waals surface area contributed by atoms with Crippen molar-refractivity contribution >= 4 is 5.91 Å². The van der Waals surface area contributed by atoms with Crippen LogP contribution < -0.4 is 0 Å². The first kappa shape index (κ1) is 17.3. The molecule has 26 heavy (non-hydrogen) atoms. The Hall–Kier alpha value is -2.16. The molecule has 0 N–H and O–H groups in total. The van der Waals surface area contributed by atoms with Crippen LogP contribution in [0.4, 0.5) is 0 Å². The third kappa shape index (κ3) is 3.67. The molecule has 1 saturated heterocycles. The van der Waals surface area contributed by atoms with E-state index in [0.29, 0.717) is 5.91 Å². The summed E-state index contributed by atoms with van der Waals surface area (Å²) in [6, 6.07) is 15.1. The SMILES string of the molecule is Cc1ccc(Cc2cccc(C3CCCN3C(=O)C3CCCC3)n2)cc1. The van der Waals surface area contributed by atoms with Gasteiger partial charge in [0.05, 0.1) is 11.7 Å². The zero-order valence-corrected chi connectivity index (χ0v) is 15.7. The smallest absolute Gasteiger partial charge is 0.226 e. The van der Waals surface area contributed by atoms with Gasteiger partial charge in [-0.25, -0.2) is 0 Å². The van der Waals surface area contributed by atoms with E-state index in [0.717, 1.165) is 50.0 Å². The summed E-state index contributed by atoms with van der Waals surface area (Å²) in [6.07, 6.45) is 7.54. The number of rotatable bonds is 4. The normalized spacial score (nSPS) is 20.7. The molecule has 1 aromatic heterocycles. The molecule has 136 valence electrons. The lowest BCUT2D eigenvalue weighted by Crippen LogP contribution is -2.35. The minimum atomic E-state index is 0.168. The van der Waals surface area contributed by atoms with Gasteiger partial charge in [0.2, 0.25) is 5.91 Å².